The number of ketones is 2. The largest absolute Gasteiger partial charge is 0.507 e. The van der Waals surface area contributed by atoms with Gasteiger partial charge in [-0.3, -0.25) is 14.4 Å². The minimum Gasteiger partial charge on any atom is -0.507 e. The van der Waals surface area contributed by atoms with E-state index in [1.807, 2.05) is 22.6 Å². The van der Waals surface area contributed by atoms with Crippen molar-refractivity contribution in [3.05, 3.63) is 44.2 Å². The second-order valence-electron chi connectivity index (χ2n) is 7.18. The van der Waals surface area contributed by atoms with E-state index in [0.29, 0.717) is 8.96 Å². The molecule has 0 aliphatic heterocycles. The first-order chi connectivity index (χ1) is 14.5. The first-order valence-corrected chi connectivity index (χ1v) is 9.95. The van der Waals surface area contributed by atoms with Gasteiger partial charge in [0.2, 0.25) is 11.6 Å². The van der Waals surface area contributed by atoms with E-state index in [1.54, 1.807) is 12.1 Å². The molecule has 2 atom stereocenters. The molecule has 0 fully saturated rings. The summed E-state index contributed by atoms with van der Waals surface area (Å²) in [7, 11) is 1.14. The number of primary amides is 1. The molecule has 0 bridgehead atoms. The minimum absolute atomic E-state index is 0.0244. The number of fused-ring (bicyclic) bond motifs is 3. The Morgan fingerprint density at radius 1 is 1.26 bits per heavy atom. The summed E-state index contributed by atoms with van der Waals surface area (Å²) in [5.74, 6) is -7.19. The first kappa shape index (κ1) is 21.1. The molecule has 1 amide bonds. The van der Waals surface area contributed by atoms with Crippen LogP contribution in [0.5, 0.6) is 11.5 Å². The molecule has 2 aliphatic rings. The first-order valence-electron chi connectivity index (χ1n) is 8.88. The summed E-state index contributed by atoms with van der Waals surface area (Å²) < 4.78 is 0.668. The van der Waals surface area contributed by atoms with Crippen molar-refractivity contribution in [2.75, 3.05) is 7.11 Å². The molecule has 160 valence electrons. The molecule has 11 heteroatoms. The highest BCUT2D eigenvalue weighted by atomic mass is 127. The number of carbonyl (C=O) groups is 3. The van der Waals surface area contributed by atoms with Crippen LogP contribution in [0.4, 0.5) is 0 Å². The summed E-state index contributed by atoms with van der Waals surface area (Å²) in [5.41, 5.74) is 0.795. The van der Waals surface area contributed by atoms with Gasteiger partial charge in [0.15, 0.2) is 11.4 Å². The Kier molecular flexibility index (Phi) is 4.70. The van der Waals surface area contributed by atoms with Crippen LogP contribution in [0.2, 0.25) is 0 Å². The van der Waals surface area contributed by atoms with E-state index >= 15 is 0 Å². The van der Waals surface area contributed by atoms with E-state index in [1.165, 1.54) is 6.07 Å². The molecule has 0 heterocycles. The van der Waals surface area contributed by atoms with E-state index in [0.717, 1.165) is 7.11 Å². The summed E-state index contributed by atoms with van der Waals surface area (Å²) in [5, 5.41) is 46.8. The van der Waals surface area contributed by atoms with Crippen LogP contribution in [0.15, 0.2) is 34.7 Å². The van der Waals surface area contributed by atoms with E-state index in [9.17, 15) is 34.8 Å². The molecule has 0 radical (unpaired) electrons. The van der Waals surface area contributed by atoms with Crippen LogP contribution in [0.3, 0.4) is 0 Å². The van der Waals surface area contributed by atoms with Crippen LogP contribution in [-0.2, 0) is 20.8 Å². The lowest BCUT2D eigenvalue weighted by atomic mass is 9.62. The number of carbonyl (C=O) groups excluding carboxylic acids is 3. The fourth-order valence-electron chi connectivity index (χ4n) is 4.21. The third-order valence-electron chi connectivity index (χ3n) is 5.60. The number of aromatic hydroxyl groups is 2. The molecule has 0 spiro atoms. The fraction of sp³-hybridized carbons (Fsp3) is 0.200. The van der Waals surface area contributed by atoms with Crippen LogP contribution in [0.25, 0.3) is 10.8 Å². The molecule has 0 saturated heterocycles. The second-order valence-corrected chi connectivity index (χ2v) is 8.34. The lowest BCUT2D eigenvalue weighted by Crippen LogP contribution is -2.62. The third kappa shape index (κ3) is 2.66. The Balaban J connectivity index is 2.07. The van der Waals surface area contributed by atoms with E-state index < -0.39 is 51.8 Å². The summed E-state index contributed by atoms with van der Waals surface area (Å²) in [6.07, 6.45) is -0.211. The lowest BCUT2D eigenvalue weighted by molar-refractivity contribution is -0.134. The number of allylic oxidation sites excluding steroid dienone is 1. The van der Waals surface area contributed by atoms with Crippen molar-refractivity contribution in [3.63, 3.8) is 0 Å². The summed E-state index contributed by atoms with van der Waals surface area (Å²) in [6.45, 7) is 0. The number of amides is 1. The molecule has 4 rings (SSSR count). The second kappa shape index (κ2) is 6.92. The molecule has 2 aromatic rings. The highest BCUT2D eigenvalue weighted by molar-refractivity contribution is 14.1. The fourth-order valence-corrected chi connectivity index (χ4v) is 4.81. The van der Waals surface area contributed by atoms with Crippen molar-refractivity contribution in [3.8, 4) is 11.5 Å². The topological polar surface area (TPSA) is 180 Å². The zero-order chi connectivity index (χ0) is 22.8. The Labute approximate surface area is 187 Å². The normalized spacial score (nSPS) is 24.4. The van der Waals surface area contributed by atoms with Gasteiger partial charge in [0.05, 0.1) is 16.9 Å². The molecule has 6 N–H and O–H groups in total. The highest BCUT2D eigenvalue weighted by Crippen LogP contribution is 2.47. The number of hydrogen-bond acceptors (Lipinski definition) is 9. The van der Waals surface area contributed by atoms with Crippen LogP contribution >= 0.6 is 22.6 Å². The number of benzene rings is 2. The summed E-state index contributed by atoms with van der Waals surface area (Å²) >= 11 is 1.99. The summed E-state index contributed by atoms with van der Waals surface area (Å²) in [6, 6.07) is 4.49. The molecule has 2 aromatic carbocycles. The molecular weight excluding hydrogens is 523 g/mol. The zero-order valence-electron chi connectivity index (χ0n) is 15.8. The van der Waals surface area contributed by atoms with Crippen LogP contribution in [-0.4, -0.2) is 56.3 Å². The number of hydrogen-bond donors (Lipinski definition) is 5. The number of phenols is 2. The van der Waals surface area contributed by atoms with Gasteiger partial charge < -0.3 is 31.0 Å². The van der Waals surface area contributed by atoms with Gasteiger partial charge in [-0.25, -0.2) is 0 Å². The van der Waals surface area contributed by atoms with E-state index in [-0.39, 0.29) is 28.7 Å². The SMILES string of the molecule is CO/N=C1\C(O)=C(C(N)=O)C(=O)[C@@]2(O)C(=O)c3c(cc4c(I)ccc(O)c4c3O)CC12. The van der Waals surface area contributed by atoms with Gasteiger partial charge in [-0.1, -0.05) is 5.16 Å². The third-order valence-corrected chi connectivity index (χ3v) is 6.54. The average molecular weight is 538 g/mol. The molecule has 2 aliphatic carbocycles. The van der Waals surface area contributed by atoms with Crippen molar-refractivity contribution in [2.24, 2.45) is 16.8 Å². The Morgan fingerprint density at radius 3 is 2.55 bits per heavy atom. The maximum Gasteiger partial charge on any atom is 0.256 e. The number of rotatable bonds is 2. The van der Waals surface area contributed by atoms with Crippen molar-refractivity contribution in [2.45, 2.75) is 12.0 Å². The van der Waals surface area contributed by atoms with Crippen LogP contribution < -0.4 is 5.73 Å². The van der Waals surface area contributed by atoms with Gasteiger partial charge in [0.25, 0.3) is 5.91 Å². The number of nitrogens with zero attached hydrogens (tertiary/aromatic N) is 1. The molecule has 10 nitrogen and oxygen atoms in total. The number of halogens is 1. The van der Waals surface area contributed by atoms with E-state index in [2.05, 4.69) is 9.99 Å². The predicted octanol–water partition coefficient (Wildman–Crippen LogP) is 0.824. The summed E-state index contributed by atoms with van der Waals surface area (Å²) in [4.78, 5) is 42.9. The number of Topliss-reactive ketones (excluding diaryl/α,β-unsaturated/α-hetero) is 2. The average Bonchev–Trinajstić information content (AvgIpc) is 2.70. The molecule has 0 saturated carbocycles. The van der Waals surface area contributed by atoms with Gasteiger partial charge in [-0.2, -0.15) is 0 Å². The Hall–Kier alpha value is -3.19. The minimum atomic E-state index is -2.87. The van der Waals surface area contributed by atoms with Gasteiger partial charge >= 0.3 is 0 Å². The van der Waals surface area contributed by atoms with Crippen molar-refractivity contribution >= 4 is 56.5 Å². The quantitative estimate of drug-likeness (QED) is 0.161. The number of aliphatic hydroxyl groups is 2. The maximum atomic E-state index is 13.4. The highest BCUT2D eigenvalue weighted by Gasteiger charge is 2.62. The maximum absolute atomic E-state index is 13.4. The lowest BCUT2D eigenvalue weighted by Gasteiger charge is -2.41. The Morgan fingerprint density at radius 2 is 1.94 bits per heavy atom. The van der Waals surface area contributed by atoms with Crippen LogP contribution in [0.1, 0.15) is 15.9 Å². The van der Waals surface area contributed by atoms with E-state index in [4.69, 9.17) is 5.73 Å². The molecule has 1 unspecified atom stereocenters. The standard InChI is InChI=1S/C20H15IN2O8/c1-31-23-14-8-5-6-4-7-9(21)2-3-10(24)12(7)15(25)11(6)17(27)20(8,30)18(28)13(16(14)26)19(22)29/h2-4,8,24-26,30H,5H2,1H3,(H2,22,29)/b23-14-/t8?,20-/m0/s1. The van der Waals surface area contributed by atoms with Crippen molar-refractivity contribution in [1.82, 2.24) is 0 Å². The van der Waals surface area contributed by atoms with Crippen molar-refractivity contribution < 1.29 is 39.6 Å². The van der Waals surface area contributed by atoms with Gasteiger partial charge in [0.1, 0.15) is 29.9 Å². The zero-order valence-corrected chi connectivity index (χ0v) is 18.0. The Bertz CT molecular complexity index is 1280. The number of nitrogens with two attached hydrogens (primary N) is 1. The smallest absolute Gasteiger partial charge is 0.256 e. The number of aliphatic hydroxyl groups excluding tert-OH is 1. The molecule has 0 aromatic heterocycles. The number of phenolic OH excluding ortho intramolecular Hbond substituents is 2. The monoisotopic (exact) mass is 538 g/mol. The predicted molar refractivity (Wildman–Crippen MR) is 115 cm³/mol. The molecular formula is C20H15IN2O8. The molecule has 31 heavy (non-hydrogen) atoms. The van der Waals surface area contributed by atoms with Gasteiger partial charge in [-0.15, -0.1) is 0 Å². The van der Waals surface area contributed by atoms with Crippen LogP contribution in [0, 0.1) is 9.49 Å². The van der Waals surface area contributed by atoms with Gasteiger partial charge in [0, 0.05) is 8.96 Å². The van der Waals surface area contributed by atoms with Crippen molar-refractivity contribution in [1.29, 1.82) is 0 Å². The number of oxime groups is 1. The van der Waals surface area contributed by atoms with Gasteiger partial charge in [-0.05, 0) is 52.8 Å².